The van der Waals surface area contributed by atoms with E-state index in [0.29, 0.717) is 35.9 Å². The number of rotatable bonds is 7. The minimum atomic E-state index is -0.100. The van der Waals surface area contributed by atoms with E-state index in [1.807, 2.05) is 31.3 Å². The van der Waals surface area contributed by atoms with E-state index in [1.165, 1.54) is 0 Å². The number of benzene rings is 1. The lowest BCUT2D eigenvalue weighted by molar-refractivity contribution is 0.0954. The summed E-state index contributed by atoms with van der Waals surface area (Å²) in [6.07, 6.45) is 2.14. The van der Waals surface area contributed by atoms with Gasteiger partial charge in [0.1, 0.15) is 5.82 Å². The van der Waals surface area contributed by atoms with Crippen molar-refractivity contribution in [2.75, 3.05) is 25.0 Å². The Balaban J connectivity index is 1.51. The zero-order valence-corrected chi connectivity index (χ0v) is 14.3. The lowest BCUT2D eigenvalue weighted by Gasteiger charge is -2.16. The summed E-state index contributed by atoms with van der Waals surface area (Å²) >= 11 is 0. The smallest absolute Gasteiger partial charge is 0.251 e. The van der Waals surface area contributed by atoms with Gasteiger partial charge in [0.05, 0.1) is 6.26 Å². The molecule has 2 heterocycles. The Morgan fingerprint density at radius 2 is 2.08 bits per heavy atom. The molecule has 0 radical (unpaired) electrons. The maximum absolute atomic E-state index is 12.2. The number of amides is 1. The normalized spacial score (nSPS) is 10.6. The number of nitrogens with one attached hydrogen (secondary N) is 2. The Hall–Kier alpha value is -3.09. The van der Waals surface area contributed by atoms with Crippen LogP contribution in [0.2, 0.25) is 0 Å². The second kappa shape index (κ2) is 7.65. The number of nitrogens with zero attached hydrogens (tertiary/aromatic N) is 3. The minimum absolute atomic E-state index is 0.100. The summed E-state index contributed by atoms with van der Waals surface area (Å²) in [6.45, 7) is 3.48. The molecule has 0 saturated heterocycles. The first-order chi connectivity index (χ1) is 12.2. The molecule has 0 atom stereocenters. The van der Waals surface area contributed by atoms with Crippen molar-refractivity contribution in [1.82, 2.24) is 20.5 Å². The van der Waals surface area contributed by atoms with Gasteiger partial charge in [0.25, 0.3) is 5.91 Å². The number of carbonyl (C=O) groups excluding carboxylic acids is 1. The Morgan fingerprint density at radius 1 is 1.28 bits per heavy atom. The third-order valence-corrected chi connectivity index (χ3v) is 3.97. The summed E-state index contributed by atoms with van der Waals surface area (Å²) in [4.78, 5) is 18.7. The molecule has 0 fully saturated rings. The third kappa shape index (κ3) is 4.06. The van der Waals surface area contributed by atoms with Crippen molar-refractivity contribution in [1.29, 1.82) is 0 Å². The molecule has 25 heavy (non-hydrogen) atoms. The molecule has 2 N–H and O–H groups in total. The van der Waals surface area contributed by atoms with Crippen LogP contribution < -0.4 is 10.2 Å². The summed E-state index contributed by atoms with van der Waals surface area (Å²) in [5.74, 6) is 1.73. The largest absolute Gasteiger partial charge is 0.461 e. The van der Waals surface area contributed by atoms with Gasteiger partial charge in [-0.1, -0.05) is 0 Å². The second-order valence-electron chi connectivity index (χ2n) is 5.65. The number of hydrogen-bond donors (Lipinski definition) is 2. The van der Waals surface area contributed by atoms with Crippen molar-refractivity contribution >= 4 is 11.6 Å². The molecule has 0 aliphatic carbocycles. The monoisotopic (exact) mass is 339 g/mol. The number of aromatic amines is 1. The van der Waals surface area contributed by atoms with E-state index < -0.39 is 0 Å². The molecule has 3 aromatic rings. The highest BCUT2D eigenvalue weighted by molar-refractivity contribution is 5.94. The molecule has 3 rings (SSSR count). The SMILES string of the molecule is CCN(C)c1ccc(C(=O)NCCc2nc(-c3ccco3)n[nH]2)cc1. The number of aromatic nitrogens is 3. The lowest BCUT2D eigenvalue weighted by Crippen LogP contribution is -2.26. The summed E-state index contributed by atoms with van der Waals surface area (Å²) in [5, 5.41) is 9.85. The van der Waals surface area contributed by atoms with Crippen LogP contribution in [0, 0.1) is 0 Å². The second-order valence-corrected chi connectivity index (χ2v) is 5.65. The Morgan fingerprint density at radius 3 is 2.76 bits per heavy atom. The van der Waals surface area contributed by atoms with Gasteiger partial charge >= 0.3 is 0 Å². The van der Waals surface area contributed by atoms with Crippen LogP contribution >= 0.6 is 0 Å². The molecule has 7 nitrogen and oxygen atoms in total. The van der Waals surface area contributed by atoms with Gasteiger partial charge in [-0.05, 0) is 43.3 Å². The fourth-order valence-electron chi connectivity index (χ4n) is 2.37. The molecular formula is C18H21N5O2. The molecule has 0 spiro atoms. The van der Waals surface area contributed by atoms with Crippen LogP contribution in [0.3, 0.4) is 0 Å². The van der Waals surface area contributed by atoms with Crippen LogP contribution in [0.4, 0.5) is 5.69 Å². The van der Waals surface area contributed by atoms with E-state index in [4.69, 9.17) is 4.42 Å². The lowest BCUT2D eigenvalue weighted by atomic mass is 10.2. The van der Waals surface area contributed by atoms with Crippen LogP contribution in [-0.4, -0.2) is 41.2 Å². The van der Waals surface area contributed by atoms with Gasteiger partial charge in [0, 0.05) is 37.8 Å². The van der Waals surface area contributed by atoms with Crippen LogP contribution in [0.5, 0.6) is 0 Å². The fraction of sp³-hybridized carbons (Fsp3) is 0.278. The van der Waals surface area contributed by atoms with E-state index in [-0.39, 0.29) is 5.91 Å². The predicted molar refractivity (Wildman–Crippen MR) is 95.5 cm³/mol. The van der Waals surface area contributed by atoms with Gasteiger partial charge in [-0.3, -0.25) is 9.89 Å². The fourth-order valence-corrected chi connectivity index (χ4v) is 2.37. The predicted octanol–water partition coefficient (Wildman–Crippen LogP) is 2.49. The van der Waals surface area contributed by atoms with Gasteiger partial charge in [-0.2, -0.15) is 5.10 Å². The van der Waals surface area contributed by atoms with Crippen molar-refractivity contribution in [2.24, 2.45) is 0 Å². The van der Waals surface area contributed by atoms with E-state index in [2.05, 4.69) is 32.3 Å². The molecule has 1 aromatic carbocycles. The summed E-state index contributed by atoms with van der Waals surface area (Å²) in [7, 11) is 2.02. The maximum Gasteiger partial charge on any atom is 0.251 e. The standard InChI is InChI=1S/C18H21N5O2/c1-3-23(2)14-8-6-13(7-9-14)18(24)19-11-10-16-20-17(22-21-16)15-5-4-12-25-15/h4-9,12H,3,10-11H2,1-2H3,(H,19,24)(H,20,21,22). The molecular weight excluding hydrogens is 318 g/mol. The summed E-state index contributed by atoms with van der Waals surface area (Å²) in [6, 6.07) is 11.2. The quantitative estimate of drug-likeness (QED) is 0.690. The Bertz CT molecular complexity index is 808. The van der Waals surface area contributed by atoms with Gasteiger partial charge in [0.2, 0.25) is 5.82 Å². The number of anilines is 1. The van der Waals surface area contributed by atoms with Crippen molar-refractivity contribution in [3.8, 4) is 11.6 Å². The number of hydrogen-bond acceptors (Lipinski definition) is 5. The first kappa shape index (κ1) is 16.8. The summed E-state index contributed by atoms with van der Waals surface area (Å²) in [5.41, 5.74) is 1.73. The molecule has 2 aromatic heterocycles. The van der Waals surface area contributed by atoms with Crippen molar-refractivity contribution in [3.05, 3.63) is 54.0 Å². The molecule has 0 bridgehead atoms. The van der Waals surface area contributed by atoms with E-state index >= 15 is 0 Å². The van der Waals surface area contributed by atoms with Crippen molar-refractivity contribution < 1.29 is 9.21 Å². The van der Waals surface area contributed by atoms with Crippen molar-refractivity contribution in [2.45, 2.75) is 13.3 Å². The maximum atomic E-state index is 12.2. The molecule has 0 aliphatic heterocycles. The van der Waals surface area contributed by atoms with Gasteiger partial charge in [-0.15, -0.1) is 0 Å². The number of carbonyl (C=O) groups is 1. The van der Waals surface area contributed by atoms with E-state index in [1.54, 1.807) is 18.4 Å². The Kier molecular flexibility index (Phi) is 5.13. The van der Waals surface area contributed by atoms with Gasteiger partial charge in [0.15, 0.2) is 5.76 Å². The van der Waals surface area contributed by atoms with E-state index in [0.717, 1.165) is 12.2 Å². The zero-order chi connectivity index (χ0) is 17.6. The van der Waals surface area contributed by atoms with Crippen molar-refractivity contribution in [3.63, 3.8) is 0 Å². The van der Waals surface area contributed by atoms with Crippen LogP contribution in [-0.2, 0) is 6.42 Å². The first-order valence-corrected chi connectivity index (χ1v) is 8.22. The minimum Gasteiger partial charge on any atom is -0.461 e. The molecule has 1 amide bonds. The topological polar surface area (TPSA) is 87.1 Å². The average Bonchev–Trinajstić information content (AvgIpc) is 3.32. The molecule has 7 heteroatoms. The van der Waals surface area contributed by atoms with Crippen LogP contribution in [0.25, 0.3) is 11.6 Å². The molecule has 0 aliphatic rings. The zero-order valence-electron chi connectivity index (χ0n) is 14.3. The first-order valence-electron chi connectivity index (χ1n) is 8.22. The van der Waals surface area contributed by atoms with E-state index in [9.17, 15) is 4.79 Å². The number of H-pyrrole nitrogens is 1. The third-order valence-electron chi connectivity index (χ3n) is 3.97. The highest BCUT2D eigenvalue weighted by Gasteiger charge is 2.09. The highest BCUT2D eigenvalue weighted by Crippen LogP contribution is 2.15. The van der Waals surface area contributed by atoms with Gasteiger partial charge in [-0.25, -0.2) is 4.98 Å². The van der Waals surface area contributed by atoms with Crippen LogP contribution in [0.15, 0.2) is 47.1 Å². The number of furan rings is 1. The van der Waals surface area contributed by atoms with Gasteiger partial charge < -0.3 is 14.6 Å². The molecule has 130 valence electrons. The summed E-state index contributed by atoms with van der Waals surface area (Å²) < 4.78 is 5.25. The molecule has 0 unspecified atom stereocenters. The highest BCUT2D eigenvalue weighted by atomic mass is 16.3. The Labute approximate surface area is 146 Å². The van der Waals surface area contributed by atoms with Crippen LogP contribution in [0.1, 0.15) is 23.1 Å². The molecule has 0 saturated carbocycles. The average molecular weight is 339 g/mol.